The van der Waals surface area contributed by atoms with Crippen LogP contribution in [0.4, 0.5) is 0 Å². The Balaban J connectivity index is 1.69. The van der Waals surface area contributed by atoms with Gasteiger partial charge in [-0.25, -0.2) is 0 Å². The molecule has 0 unspecified atom stereocenters. The fourth-order valence-corrected chi connectivity index (χ4v) is 2.25. The third kappa shape index (κ3) is 4.00. The van der Waals surface area contributed by atoms with Crippen molar-refractivity contribution in [1.82, 2.24) is 5.32 Å². The number of hydrogen-bond acceptors (Lipinski definition) is 3. The highest BCUT2D eigenvalue weighted by Crippen LogP contribution is 2.26. The van der Waals surface area contributed by atoms with Crippen LogP contribution in [0.15, 0.2) is 24.3 Å². The normalized spacial score (nSPS) is 22.9. The van der Waals surface area contributed by atoms with Crippen LogP contribution in [0, 0.1) is 5.92 Å². The lowest BCUT2D eigenvalue weighted by Gasteiger charge is -2.31. The summed E-state index contributed by atoms with van der Waals surface area (Å²) < 4.78 is 5.60. The summed E-state index contributed by atoms with van der Waals surface area (Å²) in [4.78, 5) is 0. The molecule has 1 aromatic rings. The Hall–Kier alpha value is -1.06. The van der Waals surface area contributed by atoms with Crippen LogP contribution in [-0.2, 0) is 6.54 Å². The highest BCUT2D eigenvalue weighted by atomic mass is 16.5. The lowest BCUT2D eigenvalue weighted by atomic mass is 9.82. The van der Waals surface area contributed by atoms with E-state index < -0.39 is 0 Å². The topological polar surface area (TPSA) is 41.5 Å². The summed E-state index contributed by atoms with van der Waals surface area (Å²) in [6, 6.07) is 8.23. The zero-order valence-electron chi connectivity index (χ0n) is 11.2. The molecule has 0 heterocycles. The Labute approximate surface area is 109 Å². The van der Waals surface area contributed by atoms with Gasteiger partial charge in [-0.3, -0.25) is 0 Å². The Morgan fingerprint density at radius 1 is 1.28 bits per heavy atom. The van der Waals surface area contributed by atoms with Crippen molar-refractivity contribution in [2.75, 3.05) is 6.54 Å². The van der Waals surface area contributed by atoms with Crippen molar-refractivity contribution in [1.29, 1.82) is 0 Å². The number of aliphatic hydroxyl groups is 1. The first-order chi connectivity index (χ1) is 8.63. The molecule has 2 rings (SSSR count). The molecule has 1 aliphatic carbocycles. The molecular formula is C15H23NO2. The lowest BCUT2D eigenvalue weighted by molar-refractivity contribution is 0.0430. The Morgan fingerprint density at radius 2 is 1.94 bits per heavy atom. The quantitative estimate of drug-likeness (QED) is 0.813. The standard InChI is InChI=1S/C15H23NO2/c1-11(2)18-15-5-3-12(4-6-15)9-16-10-13-7-14(17)8-13/h3-6,11,13-14,16-17H,7-10H2,1-2H3. The van der Waals surface area contributed by atoms with E-state index in [0.717, 1.165) is 31.7 Å². The maximum atomic E-state index is 9.20. The van der Waals surface area contributed by atoms with Gasteiger partial charge in [0.05, 0.1) is 12.2 Å². The molecule has 0 saturated heterocycles. The van der Waals surface area contributed by atoms with Gasteiger partial charge in [-0.15, -0.1) is 0 Å². The molecule has 2 N–H and O–H groups in total. The molecule has 0 bridgehead atoms. The predicted molar refractivity (Wildman–Crippen MR) is 72.6 cm³/mol. The highest BCUT2D eigenvalue weighted by Gasteiger charge is 2.26. The first-order valence-electron chi connectivity index (χ1n) is 6.78. The minimum atomic E-state index is -0.0516. The second-order valence-electron chi connectivity index (χ2n) is 5.43. The van der Waals surface area contributed by atoms with E-state index in [1.807, 2.05) is 26.0 Å². The van der Waals surface area contributed by atoms with Gasteiger partial charge in [0, 0.05) is 6.54 Å². The minimum absolute atomic E-state index is 0.0516. The van der Waals surface area contributed by atoms with Crippen LogP contribution in [0.5, 0.6) is 5.75 Å². The second kappa shape index (κ2) is 6.21. The van der Waals surface area contributed by atoms with Gasteiger partial charge in [0.2, 0.25) is 0 Å². The van der Waals surface area contributed by atoms with Gasteiger partial charge in [-0.2, -0.15) is 0 Å². The molecule has 0 amide bonds. The Bertz CT molecular complexity index is 355. The molecule has 0 aromatic heterocycles. The summed E-state index contributed by atoms with van der Waals surface area (Å²) in [6.07, 6.45) is 2.07. The molecule has 3 heteroatoms. The van der Waals surface area contributed by atoms with Crippen LogP contribution < -0.4 is 10.1 Å². The van der Waals surface area contributed by atoms with Crippen LogP contribution in [-0.4, -0.2) is 23.9 Å². The zero-order chi connectivity index (χ0) is 13.0. The van der Waals surface area contributed by atoms with Crippen LogP contribution >= 0.6 is 0 Å². The average Bonchev–Trinajstić information content (AvgIpc) is 2.28. The van der Waals surface area contributed by atoms with Crippen LogP contribution in [0.3, 0.4) is 0 Å². The monoisotopic (exact) mass is 249 g/mol. The number of aliphatic hydroxyl groups excluding tert-OH is 1. The maximum Gasteiger partial charge on any atom is 0.119 e. The summed E-state index contributed by atoms with van der Waals surface area (Å²) in [5, 5.41) is 12.6. The fraction of sp³-hybridized carbons (Fsp3) is 0.600. The van der Waals surface area contributed by atoms with E-state index in [9.17, 15) is 5.11 Å². The average molecular weight is 249 g/mol. The maximum absolute atomic E-state index is 9.20. The lowest BCUT2D eigenvalue weighted by Crippen LogP contribution is -2.35. The Kier molecular flexibility index (Phi) is 4.61. The molecule has 0 aliphatic heterocycles. The molecule has 0 atom stereocenters. The molecule has 1 fully saturated rings. The molecule has 100 valence electrons. The van der Waals surface area contributed by atoms with Crippen molar-refractivity contribution < 1.29 is 9.84 Å². The van der Waals surface area contributed by atoms with Gasteiger partial charge in [-0.05, 0) is 56.8 Å². The van der Waals surface area contributed by atoms with E-state index in [0.29, 0.717) is 5.92 Å². The number of benzene rings is 1. The number of nitrogens with one attached hydrogen (secondary N) is 1. The van der Waals surface area contributed by atoms with E-state index in [4.69, 9.17) is 4.74 Å². The fourth-order valence-electron chi connectivity index (χ4n) is 2.25. The van der Waals surface area contributed by atoms with Crippen LogP contribution in [0.1, 0.15) is 32.3 Å². The summed E-state index contributed by atoms with van der Waals surface area (Å²) >= 11 is 0. The minimum Gasteiger partial charge on any atom is -0.491 e. The number of hydrogen-bond donors (Lipinski definition) is 2. The second-order valence-corrected chi connectivity index (χ2v) is 5.43. The van der Waals surface area contributed by atoms with Crippen molar-refractivity contribution in [2.24, 2.45) is 5.92 Å². The van der Waals surface area contributed by atoms with Crippen molar-refractivity contribution in [3.63, 3.8) is 0 Å². The number of ether oxygens (including phenoxy) is 1. The summed E-state index contributed by atoms with van der Waals surface area (Å²) in [5.74, 6) is 1.58. The van der Waals surface area contributed by atoms with Crippen molar-refractivity contribution >= 4 is 0 Å². The highest BCUT2D eigenvalue weighted by molar-refractivity contribution is 5.27. The van der Waals surface area contributed by atoms with E-state index in [1.165, 1.54) is 5.56 Å². The molecular weight excluding hydrogens is 226 g/mol. The zero-order valence-corrected chi connectivity index (χ0v) is 11.2. The van der Waals surface area contributed by atoms with Crippen molar-refractivity contribution in [3.05, 3.63) is 29.8 Å². The molecule has 18 heavy (non-hydrogen) atoms. The largest absolute Gasteiger partial charge is 0.491 e. The van der Waals surface area contributed by atoms with Crippen LogP contribution in [0.25, 0.3) is 0 Å². The summed E-state index contributed by atoms with van der Waals surface area (Å²) in [7, 11) is 0. The van der Waals surface area contributed by atoms with E-state index >= 15 is 0 Å². The molecule has 0 radical (unpaired) electrons. The van der Waals surface area contributed by atoms with E-state index in [-0.39, 0.29) is 12.2 Å². The summed E-state index contributed by atoms with van der Waals surface area (Å²) in [6.45, 7) is 5.95. The molecule has 0 spiro atoms. The first-order valence-corrected chi connectivity index (χ1v) is 6.78. The molecule has 1 saturated carbocycles. The first kappa shape index (κ1) is 13.4. The third-order valence-electron chi connectivity index (χ3n) is 3.27. The molecule has 1 aromatic carbocycles. The molecule has 3 nitrogen and oxygen atoms in total. The molecule has 1 aliphatic rings. The van der Waals surface area contributed by atoms with Gasteiger partial charge < -0.3 is 15.2 Å². The SMILES string of the molecule is CC(C)Oc1ccc(CNCC2CC(O)C2)cc1. The van der Waals surface area contributed by atoms with E-state index in [1.54, 1.807) is 0 Å². The Morgan fingerprint density at radius 3 is 2.50 bits per heavy atom. The van der Waals surface area contributed by atoms with Gasteiger partial charge in [-0.1, -0.05) is 12.1 Å². The van der Waals surface area contributed by atoms with Gasteiger partial charge in [0.25, 0.3) is 0 Å². The van der Waals surface area contributed by atoms with Gasteiger partial charge in [0.15, 0.2) is 0 Å². The van der Waals surface area contributed by atoms with Crippen molar-refractivity contribution in [3.8, 4) is 5.75 Å². The summed E-state index contributed by atoms with van der Waals surface area (Å²) in [5.41, 5.74) is 1.27. The van der Waals surface area contributed by atoms with Gasteiger partial charge >= 0.3 is 0 Å². The van der Waals surface area contributed by atoms with Crippen molar-refractivity contribution in [2.45, 2.75) is 45.4 Å². The van der Waals surface area contributed by atoms with Crippen LogP contribution in [0.2, 0.25) is 0 Å². The van der Waals surface area contributed by atoms with E-state index in [2.05, 4.69) is 17.4 Å². The third-order valence-corrected chi connectivity index (χ3v) is 3.27. The smallest absolute Gasteiger partial charge is 0.119 e. The number of rotatable bonds is 6. The predicted octanol–water partition coefficient (Wildman–Crippen LogP) is 2.33. The van der Waals surface area contributed by atoms with Gasteiger partial charge in [0.1, 0.15) is 5.75 Å².